The van der Waals surface area contributed by atoms with Gasteiger partial charge in [-0.05, 0) is 91.6 Å². The van der Waals surface area contributed by atoms with E-state index in [1.807, 2.05) is 58.0 Å². The summed E-state index contributed by atoms with van der Waals surface area (Å²) < 4.78 is 5.22. The largest absolute Gasteiger partial charge is 0.497 e. The van der Waals surface area contributed by atoms with Crippen LogP contribution in [0.3, 0.4) is 0 Å². The summed E-state index contributed by atoms with van der Waals surface area (Å²) in [6.45, 7) is 8.00. The highest BCUT2D eigenvalue weighted by Gasteiger charge is 2.40. The summed E-state index contributed by atoms with van der Waals surface area (Å²) in [5, 5.41) is 6.09. The van der Waals surface area contributed by atoms with E-state index in [0.29, 0.717) is 28.5 Å². The molecular formula is C30H31N3O4S. The number of imide groups is 1. The van der Waals surface area contributed by atoms with Crippen molar-refractivity contribution in [3.05, 3.63) is 88.5 Å². The molecule has 1 aliphatic rings. The Morgan fingerprint density at radius 1 is 0.895 bits per heavy atom. The molecule has 0 spiro atoms. The molecule has 1 aliphatic heterocycles. The van der Waals surface area contributed by atoms with E-state index in [1.165, 1.54) is 16.7 Å². The first-order valence-corrected chi connectivity index (χ1v) is 13.2. The van der Waals surface area contributed by atoms with Crippen molar-refractivity contribution in [2.45, 2.75) is 39.0 Å². The first-order chi connectivity index (χ1) is 18.2. The Morgan fingerprint density at radius 3 is 2.16 bits per heavy atom. The first kappa shape index (κ1) is 27.0. The van der Waals surface area contributed by atoms with Gasteiger partial charge in [0.15, 0.2) is 0 Å². The van der Waals surface area contributed by atoms with E-state index in [0.717, 1.165) is 21.7 Å². The second-order valence-corrected chi connectivity index (χ2v) is 10.6. The fourth-order valence-corrected chi connectivity index (χ4v) is 4.88. The van der Waals surface area contributed by atoms with Crippen LogP contribution in [0, 0.1) is 19.8 Å². The van der Waals surface area contributed by atoms with Gasteiger partial charge < -0.3 is 15.4 Å². The van der Waals surface area contributed by atoms with Gasteiger partial charge in [-0.25, -0.2) is 4.90 Å². The lowest BCUT2D eigenvalue weighted by molar-refractivity contribution is -0.120. The van der Waals surface area contributed by atoms with E-state index in [-0.39, 0.29) is 17.5 Å². The van der Waals surface area contributed by atoms with Gasteiger partial charge in [-0.15, -0.1) is 0 Å². The normalized spacial score (nSPS) is 13.4. The number of thioether (sulfide) groups is 1. The number of benzene rings is 3. The number of amides is 3. The molecule has 0 fully saturated rings. The zero-order chi connectivity index (χ0) is 27.4. The molecule has 8 heteroatoms. The zero-order valence-electron chi connectivity index (χ0n) is 22.1. The molecule has 3 amide bonds. The van der Waals surface area contributed by atoms with E-state index in [4.69, 9.17) is 4.74 Å². The number of carbonyl (C=O) groups is 3. The van der Waals surface area contributed by atoms with E-state index in [2.05, 4.69) is 10.6 Å². The van der Waals surface area contributed by atoms with Crippen molar-refractivity contribution in [1.29, 1.82) is 0 Å². The Kier molecular flexibility index (Phi) is 8.22. The topological polar surface area (TPSA) is 87.7 Å². The van der Waals surface area contributed by atoms with Crippen LogP contribution in [0.5, 0.6) is 5.75 Å². The maximum Gasteiger partial charge on any atom is 0.283 e. The van der Waals surface area contributed by atoms with Crippen molar-refractivity contribution in [3.8, 4) is 5.75 Å². The number of anilines is 3. The summed E-state index contributed by atoms with van der Waals surface area (Å²) in [6.07, 6.45) is 0.439. The van der Waals surface area contributed by atoms with Gasteiger partial charge in [0.25, 0.3) is 11.8 Å². The molecule has 38 heavy (non-hydrogen) atoms. The predicted octanol–water partition coefficient (Wildman–Crippen LogP) is 6.29. The number of aryl methyl sites for hydroxylation is 2. The summed E-state index contributed by atoms with van der Waals surface area (Å²) in [6, 6.07) is 19.8. The van der Waals surface area contributed by atoms with Crippen LogP contribution in [0.1, 0.15) is 31.4 Å². The zero-order valence-corrected chi connectivity index (χ0v) is 22.9. The summed E-state index contributed by atoms with van der Waals surface area (Å²) in [5.74, 6) is 0.00277. The minimum Gasteiger partial charge on any atom is -0.497 e. The third-order valence-electron chi connectivity index (χ3n) is 6.10. The minimum absolute atomic E-state index is 0.0466. The Morgan fingerprint density at radius 2 is 1.55 bits per heavy atom. The van der Waals surface area contributed by atoms with Gasteiger partial charge in [0.05, 0.1) is 12.8 Å². The van der Waals surface area contributed by atoms with Gasteiger partial charge in [-0.3, -0.25) is 14.4 Å². The van der Waals surface area contributed by atoms with Crippen LogP contribution in [0.25, 0.3) is 0 Å². The highest BCUT2D eigenvalue weighted by molar-refractivity contribution is 8.04. The molecule has 2 N–H and O–H groups in total. The molecule has 0 saturated carbocycles. The fraction of sp³-hybridized carbons (Fsp3) is 0.233. The van der Waals surface area contributed by atoms with Gasteiger partial charge in [-0.2, -0.15) is 0 Å². The monoisotopic (exact) mass is 529 g/mol. The SMILES string of the molecule is COc1ccc(N2C(=O)C(Nc3ccc(C)c(C)c3)=C(Sc3ccc(NC(=O)CC(C)C)cc3)C2=O)cc1. The molecule has 0 radical (unpaired) electrons. The number of rotatable bonds is 9. The smallest absolute Gasteiger partial charge is 0.283 e. The summed E-state index contributed by atoms with van der Waals surface area (Å²) in [4.78, 5) is 41.5. The molecule has 0 saturated heterocycles. The quantitative estimate of drug-likeness (QED) is 0.317. The molecule has 7 nitrogen and oxygen atoms in total. The predicted molar refractivity (Wildman–Crippen MR) is 152 cm³/mol. The van der Waals surface area contributed by atoms with Crippen LogP contribution in [0.4, 0.5) is 17.1 Å². The van der Waals surface area contributed by atoms with Crippen molar-refractivity contribution in [2.75, 3.05) is 22.6 Å². The minimum atomic E-state index is -0.432. The summed E-state index contributed by atoms with van der Waals surface area (Å²) >= 11 is 1.21. The van der Waals surface area contributed by atoms with Gasteiger partial charge in [-0.1, -0.05) is 31.7 Å². The summed E-state index contributed by atoms with van der Waals surface area (Å²) in [7, 11) is 1.56. The number of hydrogen-bond acceptors (Lipinski definition) is 6. The van der Waals surface area contributed by atoms with Crippen LogP contribution < -0.4 is 20.3 Å². The number of carbonyl (C=O) groups excluding carboxylic acids is 3. The molecule has 0 atom stereocenters. The van der Waals surface area contributed by atoms with E-state index in [1.54, 1.807) is 43.5 Å². The molecule has 3 aromatic carbocycles. The summed E-state index contributed by atoms with van der Waals surface area (Å²) in [5.41, 5.74) is 4.28. The maximum atomic E-state index is 13.6. The standard InChI is InChI=1S/C30H31N3O4S/c1-18(2)16-26(34)31-21-8-14-25(15-9-21)38-28-27(32-22-7-6-19(3)20(4)17-22)29(35)33(30(28)36)23-10-12-24(37-5)13-11-23/h6-15,17-18,32H,16H2,1-5H3,(H,31,34). The van der Waals surface area contributed by atoms with Gasteiger partial charge >= 0.3 is 0 Å². The van der Waals surface area contributed by atoms with Crippen molar-refractivity contribution in [3.63, 3.8) is 0 Å². The van der Waals surface area contributed by atoms with Gasteiger partial charge in [0, 0.05) is 22.7 Å². The highest BCUT2D eigenvalue weighted by atomic mass is 32.2. The van der Waals surface area contributed by atoms with Gasteiger partial charge in [0.1, 0.15) is 16.4 Å². The Hall–Kier alpha value is -4.04. The van der Waals surface area contributed by atoms with E-state index < -0.39 is 11.8 Å². The average molecular weight is 530 g/mol. The molecule has 3 aromatic rings. The molecular weight excluding hydrogens is 498 g/mol. The first-order valence-electron chi connectivity index (χ1n) is 12.4. The van der Waals surface area contributed by atoms with Crippen LogP contribution in [0.2, 0.25) is 0 Å². The van der Waals surface area contributed by atoms with Crippen LogP contribution in [-0.2, 0) is 14.4 Å². The van der Waals surface area contributed by atoms with Crippen molar-refractivity contribution < 1.29 is 19.1 Å². The molecule has 0 aliphatic carbocycles. The lowest BCUT2D eigenvalue weighted by Crippen LogP contribution is -2.32. The second kappa shape index (κ2) is 11.6. The Bertz CT molecular complexity index is 1400. The molecule has 4 rings (SSSR count). The number of nitrogens with zero attached hydrogens (tertiary/aromatic N) is 1. The average Bonchev–Trinajstić information content (AvgIpc) is 3.10. The van der Waals surface area contributed by atoms with E-state index in [9.17, 15) is 14.4 Å². The number of nitrogens with one attached hydrogen (secondary N) is 2. The van der Waals surface area contributed by atoms with Crippen molar-refractivity contribution >= 4 is 46.5 Å². The van der Waals surface area contributed by atoms with Crippen LogP contribution in [-0.4, -0.2) is 24.8 Å². The fourth-order valence-electron chi connectivity index (χ4n) is 3.95. The van der Waals surface area contributed by atoms with E-state index >= 15 is 0 Å². The molecule has 0 aromatic heterocycles. The molecule has 1 heterocycles. The van der Waals surface area contributed by atoms with Crippen LogP contribution >= 0.6 is 11.8 Å². The lowest BCUT2D eigenvalue weighted by atomic mass is 10.1. The lowest BCUT2D eigenvalue weighted by Gasteiger charge is -2.16. The Balaban J connectivity index is 1.63. The van der Waals surface area contributed by atoms with Crippen LogP contribution in [0.15, 0.2) is 82.2 Å². The molecule has 0 bridgehead atoms. The highest BCUT2D eigenvalue weighted by Crippen LogP contribution is 2.38. The second-order valence-electron chi connectivity index (χ2n) is 9.54. The molecule has 196 valence electrons. The van der Waals surface area contributed by atoms with Crippen molar-refractivity contribution in [1.82, 2.24) is 0 Å². The number of hydrogen-bond donors (Lipinski definition) is 2. The third-order valence-corrected chi connectivity index (χ3v) is 7.19. The number of methoxy groups -OCH3 is 1. The van der Waals surface area contributed by atoms with Crippen molar-refractivity contribution in [2.24, 2.45) is 5.92 Å². The maximum absolute atomic E-state index is 13.6. The molecule has 0 unspecified atom stereocenters. The third kappa shape index (κ3) is 6.08. The van der Waals surface area contributed by atoms with Gasteiger partial charge in [0.2, 0.25) is 5.91 Å². The number of ether oxygens (including phenoxy) is 1. The Labute approximate surface area is 227 Å².